The van der Waals surface area contributed by atoms with Crippen molar-refractivity contribution in [1.29, 1.82) is 0 Å². The summed E-state index contributed by atoms with van der Waals surface area (Å²) in [5, 5.41) is 9.21. The van der Waals surface area contributed by atoms with Gasteiger partial charge in [0.25, 0.3) is 0 Å². The summed E-state index contributed by atoms with van der Waals surface area (Å²) in [5.74, 6) is 0. The van der Waals surface area contributed by atoms with Gasteiger partial charge in [-0.05, 0) is 37.8 Å². The minimum atomic E-state index is 0.498. The van der Waals surface area contributed by atoms with Gasteiger partial charge in [-0.1, -0.05) is 6.07 Å². The first kappa shape index (κ1) is 10.1. The lowest BCUT2D eigenvalue weighted by molar-refractivity contribution is 0.493. The Morgan fingerprint density at radius 2 is 2.64 bits per heavy atom. The van der Waals surface area contributed by atoms with Gasteiger partial charge in [0.15, 0.2) is 0 Å². The van der Waals surface area contributed by atoms with E-state index < -0.39 is 0 Å². The number of nitrogens with one attached hydrogen (secondary N) is 2. The molecule has 0 saturated carbocycles. The van der Waals surface area contributed by atoms with Gasteiger partial charge in [-0.25, -0.2) is 0 Å². The average Bonchev–Trinajstić information content (AvgIpc) is 2.87. The van der Waals surface area contributed by atoms with Gasteiger partial charge in [-0.15, -0.1) is 11.3 Å². The molecule has 3 heteroatoms. The van der Waals surface area contributed by atoms with Gasteiger partial charge in [-0.2, -0.15) is 0 Å². The van der Waals surface area contributed by atoms with E-state index in [1.807, 2.05) is 11.3 Å². The number of thiophene rings is 1. The Hall–Kier alpha value is -0.380. The van der Waals surface area contributed by atoms with Crippen LogP contribution in [-0.2, 0) is 0 Å². The second-order valence-electron chi connectivity index (χ2n) is 3.94. The Morgan fingerprint density at radius 3 is 3.29 bits per heavy atom. The van der Waals surface area contributed by atoms with Crippen molar-refractivity contribution in [1.82, 2.24) is 10.6 Å². The third-order valence-corrected chi connectivity index (χ3v) is 3.86. The fourth-order valence-corrected chi connectivity index (χ4v) is 2.65. The van der Waals surface area contributed by atoms with E-state index in [1.54, 1.807) is 0 Å². The van der Waals surface area contributed by atoms with E-state index in [0.717, 1.165) is 6.54 Å². The molecule has 0 radical (unpaired) electrons. The molecule has 1 aliphatic rings. The second kappa shape index (κ2) is 4.91. The molecular formula is C11H18N2S. The molecule has 2 nitrogen and oxygen atoms in total. The fraction of sp³-hybridized carbons (Fsp3) is 0.636. The van der Waals surface area contributed by atoms with Crippen LogP contribution >= 0.6 is 11.3 Å². The van der Waals surface area contributed by atoms with Gasteiger partial charge in [-0.3, -0.25) is 0 Å². The lowest BCUT2D eigenvalue weighted by Gasteiger charge is -2.16. The molecule has 0 bridgehead atoms. The minimum absolute atomic E-state index is 0.498. The maximum atomic E-state index is 3.57. The lowest BCUT2D eigenvalue weighted by atomic mass is 10.2. The molecule has 2 N–H and O–H groups in total. The molecular weight excluding hydrogens is 192 g/mol. The first-order chi connectivity index (χ1) is 6.86. The fourth-order valence-electron chi connectivity index (χ4n) is 1.89. The van der Waals surface area contributed by atoms with Crippen LogP contribution in [-0.4, -0.2) is 19.1 Å². The molecule has 1 aromatic rings. The van der Waals surface area contributed by atoms with Gasteiger partial charge in [0.1, 0.15) is 0 Å². The Bertz CT molecular complexity index is 252. The van der Waals surface area contributed by atoms with Crippen molar-refractivity contribution in [3.63, 3.8) is 0 Å². The maximum Gasteiger partial charge on any atom is 0.0386 e. The van der Waals surface area contributed by atoms with Gasteiger partial charge in [0.05, 0.1) is 0 Å². The zero-order valence-corrected chi connectivity index (χ0v) is 9.44. The molecule has 2 atom stereocenters. The number of hydrogen-bond donors (Lipinski definition) is 2. The minimum Gasteiger partial charge on any atom is -0.313 e. The van der Waals surface area contributed by atoms with Crippen LogP contribution in [0.25, 0.3) is 0 Å². The van der Waals surface area contributed by atoms with E-state index in [-0.39, 0.29) is 0 Å². The SMILES string of the molecule is C[C@H](NC[C@@H]1CCCN1)c1cccs1. The molecule has 2 heterocycles. The molecule has 0 unspecified atom stereocenters. The van der Waals surface area contributed by atoms with E-state index in [9.17, 15) is 0 Å². The predicted molar refractivity (Wildman–Crippen MR) is 61.8 cm³/mol. The van der Waals surface area contributed by atoms with Crippen LogP contribution in [0, 0.1) is 0 Å². The van der Waals surface area contributed by atoms with Gasteiger partial charge in [0.2, 0.25) is 0 Å². The highest BCUT2D eigenvalue weighted by molar-refractivity contribution is 7.10. The van der Waals surface area contributed by atoms with E-state index in [4.69, 9.17) is 0 Å². The normalized spacial score (nSPS) is 23.9. The summed E-state index contributed by atoms with van der Waals surface area (Å²) in [4.78, 5) is 1.43. The molecule has 14 heavy (non-hydrogen) atoms. The zero-order chi connectivity index (χ0) is 9.80. The summed E-state index contributed by atoms with van der Waals surface area (Å²) in [6.07, 6.45) is 2.66. The molecule has 0 aliphatic carbocycles. The Morgan fingerprint density at radius 1 is 1.71 bits per heavy atom. The van der Waals surface area contributed by atoms with Crippen LogP contribution in [0.15, 0.2) is 17.5 Å². The second-order valence-corrected chi connectivity index (χ2v) is 4.92. The van der Waals surface area contributed by atoms with Crippen LogP contribution in [0.3, 0.4) is 0 Å². The van der Waals surface area contributed by atoms with E-state index in [0.29, 0.717) is 12.1 Å². The quantitative estimate of drug-likeness (QED) is 0.795. The molecule has 0 amide bonds. The van der Waals surface area contributed by atoms with Crippen molar-refractivity contribution in [2.75, 3.05) is 13.1 Å². The highest BCUT2D eigenvalue weighted by Crippen LogP contribution is 2.18. The summed E-state index contributed by atoms with van der Waals surface area (Å²) in [6.45, 7) is 4.53. The van der Waals surface area contributed by atoms with Crippen LogP contribution in [0.2, 0.25) is 0 Å². The molecule has 1 aliphatic heterocycles. The molecule has 0 spiro atoms. The Balaban J connectivity index is 1.74. The summed E-state index contributed by atoms with van der Waals surface area (Å²) < 4.78 is 0. The summed E-state index contributed by atoms with van der Waals surface area (Å²) in [6, 6.07) is 5.51. The third-order valence-electron chi connectivity index (χ3n) is 2.80. The largest absolute Gasteiger partial charge is 0.313 e. The van der Waals surface area contributed by atoms with Crippen molar-refractivity contribution in [2.24, 2.45) is 0 Å². The third kappa shape index (κ3) is 2.56. The van der Waals surface area contributed by atoms with E-state index >= 15 is 0 Å². The molecule has 78 valence electrons. The zero-order valence-electron chi connectivity index (χ0n) is 8.62. The van der Waals surface area contributed by atoms with Crippen molar-refractivity contribution in [3.05, 3.63) is 22.4 Å². The summed E-state index contributed by atoms with van der Waals surface area (Å²) >= 11 is 1.83. The van der Waals surface area contributed by atoms with E-state index in [1.165, 1.54) is 24.3 Å². The van der Waals surface area contributed by atoms with Gasteiger partial charge < -0.3 is 10.6 Å². The van der Waals surface area contributed by atoms with Crippen LogP contribution in [0.5, 0.6) is 0 Å². The molecule has 1 fully saturated rings. The summed E-state index contributed by atoms with van der Waals surface area (Å²) in [5.41, 5.74) is 0. The highest BCUT2D eigenvalue weighted by Gasteiger charge is 2.14. The molecule has 0 aromatic carbocycles. The number of rotatable bonds is 4. The van der Waals surface area contributed by atoms with Crippen LogP contribution < -0.4 is 10.6 Å². The molecule has 1 aromatic heterocycles. The average molecular weight is 210 g/mol. The van der Waals surface area contributed by atoms with Crippen molar-refractivity contribution in [2.45, 2.75) is 31.8 Å². The van der Waals surface area contributed by atoms with Crippen LogP contribution in [0.4, 0.5) is 0 Å². The van der Waals surface area contributed by atoms with Gasteiger partial charge in [0, 0.05) is 23.5 Å². The van der Waals surface area contributed by atoms with Crippen molar-refractivity contribution >= 4 is 11.3 Å². The van der Waals surface area contributed by atoms with Crippen molar-refractivity contribution in [3.8, 4) is 0 Å². The Kier molecular flexibility index (Phi) is 3.56. The lowest BCUT2D eigenvalue weighted by Crippen LogP contribution is -2.34. The van der Waals surface area contributed by atoms with Gasteiger partial charge >= 0.3 is 0 Å². The highest BCUT2D eigenvalue weighted by atomic mass is 32.1. The maximum absolute atomic E-state index is 3.57. The van der Waals surface area contributed by atoms with Crippen LogP contribution in [0.1, 0.15) is 30.7 Å². The Labute approximate surface area is 89.7 Å². The first-order valence-corrected chi connectivity index (χ1v) is 6.24. The smallest absolute Gasteiger partial charge is 0.0386 e. The standard InChI is InChI=1S/C11H18N2S/c1-9(11-5-3-7-14-11)13-8-10-4-2-6-12-10/h3,5,7,9-10,12-13H,2,4,6,8H2,1H3/t9-,10-/m0/s1. The predicted octanol–water partition coefficient (Wildman–Crippen LogP) is 2.15. The topological polar surface area (TPSA) is 24.1 Å². The summed E-state index contributed by atoms with van der Waals surface area (Å²) in [7, 11) is 0. The first-order valence-electron chi connectivity index (χ1n) is 5.36. The monoisotopic (exact) mass is 210 g/mol. The molecule has 1 saturated heterocycles. The van der Waals surface area contributed by atoms with E-state index in [2.05, 4.69) is 35.1 Å². The number of hydrogen-bond acceptors (Lipinski definition) is 3. The molecule has 2 rings (SSSR count). The van der Waals surface area contributed by atoms with Crippen molar-refractivity contribution < 1.29 is 0 Å².